The smallest absolute Gasteiger partial charge is 0.427 e. The summed E-state index contributed by atoms with van der Waals surface area (Å²) >= 11 is 0. The Morgan fingerprint density at radius 1 is 1.43 bits per heavy atom. The molecule has 2 aromatic heterocycles. The number of morpholine rings is 1. The molecule has 0 saturated carbocycles. The minimum atomic E-state index is -4.74. The summed E-state index contributed by atoms with van der Waals surface area (Å²) in [6.07, 6.45) is -4.76. The van der Waals surface area contributed by atoms with Crippen molar-refractivity contribution in [3.63, 3.8) is 0 Å². The fraction of sp³-hybridized carbons (Fsp3) is 0.571. The number of fused-ring (bicyclic) bond motifs is 1. The largest absolute Gasteiger partial charge is 0.434 e. The van der Waals surface area contributed by atoms with Crippen LogP contribution in [0.2, 0.25) is 0 Å². The first-order valence-corrected chi connectivity index (χ1v) is 10.9. The standard InChI is InChI=1S/C21H27F3N8O3/c1-13-10-15(28-16-6-7-26-30(16)5)29-17(27-13)31-11-14-20(12-31,25-4)32(8-9-34-14)18(33)35-19(2,3)21(22,23)24/h6-7,10,14H,4,8-9,11-12H2,1-3,5H3,(H,26,27,28,29)/p+1. The molecule has 190 valence electrons. The highest BCUT2D eigenvalue weighted by molar-refractivity contribution is 5.70. The number of amides is 1. The number of aryl methyl sites for hydroxylation is 2. The van der Waals surface area contributed by atoms with Crippen LogP contribution in [0.15, 0.2) is 23.3 Å². The van der Waals surface area contributed by atoms with E-state index in [1.54, 1.807) is 21.8 Å². The van der Waals surface area contributed by atoms with Crippen molar-refractivity contribution in [3.05, 3.63) is 24.0 Å². The number of carbonyl (C=O) groups is 1. The van der Waals surface area contributed by atoms with Gasteiger partial charge >= 0.3 is 18.1 Å². The van der Waals surface area contributed by atoms with Gasteiger partial charge < -0.3 is 14.4 Å². The molecule has 0 aromatic carbocycles. The van der Waals surface area contributed by atoms with E-state index in [1.165, 1.54) is 0 Å². The van der Waals surface area contributed by atoms with Crippen LogP contribution in [-0.2, 0) is 16.5 Å². The maximum Gasteiger partial charge on any atom is 0.427 e. The summed E-state index contributed by atoms with van der Waals surface area (Å²) in [4.78, 5) is 29.1. The van der Waals surface area contributed by atoms with Crippen molar-refractivity contribution in [2.24, 2.45) is 12.0 Å². The summed E-state index contributed by atoms with van der Waals surface area (Å²) in [6, 6.07) is 3.62. The number of aromatic nitrogens is 4. The number of halogens is 3. The number of rotatable bonds is 5. The maximum absolute atomic E-state index is 13.3. The van der Waals surface area contributed by atoms with E-state index in [2.05, 4.69) is 32.1 Å². The van der Waals surface area contributed by atoms with Crippen molar-refractivity contribution in [3.8, 4) is 0 Å². The Morgan fingerprint density at radius 2 is 2.17 bits per heavy atom. The average molecular weight is 498 g/mol. The van der Waals surface area contributed by atoms with Crippen LogP contribution in [0.4, 0.5) is 35.5 Å². The Kier molecular flexibility index (Phi) is 6.11. The molecule has 0 spiro atoms. The van der Waals surface area contributed by atoms with Crippen LogP contribution in [-0.4, -0.2) is 82.6 Å². The number of hydrogen-bond donors (Lipinski definition) is 2. The number of ether oxygens (including phenoxy) is 2. The fourth-order valence-electron chi connectivity index (χ4n) is 4.11. The molecule has 35 heavy (non-hydrogen) atoms. The molecular weight excluding hydrogens is 469 g/mol. The summed E-state index contributed by atoms with van der Waals surface area (Å²) < 4.78 is 52.5. The number of aliphatic imine (C=N–C) groups is 1. The topological polar surface area (TPSA) is 112 Å². The molecule has 2 atom stereocenters. The molecule has 2 aromatic rings. The molecule has 4 rings (SSSR count). The predicted octanol–water partition coefficient (Wildman–Crippen LogP) is 2.08. The van der Waals surface area contributed by atoms with E-state index in [-0.39, 0.29) is 26.2 Å². The van der Waals surface area contributed by atoms with Gasteiger partial charge in [0.2, 0.25) is 17.4 Å². The van der Waals surface area contributed by atoms with Crippen LogP contribution in [0.25, 0.3) is 0 Å². The molecule has 14 heteroatoms. The molecule has 1 amide bonds. The molecule has 2 fully saturated rings. The average Bonchev–Trinajstić information content (AvgIpc) is 3.35. The molecule has 11 nitrogen and oxygen atoms in total. The van der Waals surface area contributed by atoms with Crippen molar-refractivity contribution in [2.75, 3.05) is 36.5 Å². The van der Waals surface area contributed by atoms with E-state index in [9.17, 15) is 18.0 Å². The molecule has 0 aliphatic carbocycles. The van der Waals surface area contributed by atoms with E-state index >= 15 is 0 Å². The van der Waals surface area contributed by atoms with Gasteiger partial charge in [0.15, 0.2) is 5.66 Å². The zero-order valence-electron chi connectivity index (χ0n) is 19.9. The first-order chi connectivity index (χ1) is 16.4. The van der Waals surface area contributed by atoms with Crippen molar-refractivity contribution in [1.82, 2.24) is 20.0 Å². The SMILES string of the molecule is C=NC12CN(c3nc(C)cc(Nc4cc[nH][n+]4C)n3)CC1OCCN2C(=O)OC(C)(C)C(F)(F)F. The molecule has 0 radical (unpaired) electrons. The Labute approximate surface area is 199 Å². The van der Waals surface area contributed by atoms with E-state index < -0.39 is 29.6 Å². The van der Waals surface area contributed by atoms with Gasteiger partial charge in [-0.15, -0.1) is 0 Å². The van der Waals surface area contributed by atoms with E-state index in [0.717, 1.165) is 24.6 Å². The van der Waals surface area contributed by atoms with E-state index in [1.807, 2.05) is 20.0 Å². The van der Waals surface area contributed by atoms with Crippen LogP contribution >= 0.6 is 0 Å². The van der Waals surface area contributed by atoms with Gasteiger partial charge in [-0.3, -0.25) is 9.89 Å². The first-order valence-electron chi connectivity index (χ1n) is 10.9. The third-order valence-electron chi connectivity index (χ3n) is 6.20. The highest BCUT2D eigenvalue weighted by atomic mass is 19.4. The van der Waals surface area contributed by atoms with E-state index in [0.29, 0.717) is 17.5 Å². The molecule has 2 aliphatic heterocycles. The second-order valence-electron chi connectivity index (χ2n) is 9.03. The summed E-state index contributed by atoms with van der Waals surface area (Å²) in [7, 11) is 1.84. The molecule has 2 aliphatic rings. The van der Waals surface area contributed by atoms with Gasteiger partial charge in [-0.2, -0.15) is 22.8 Å². The lowest BCUT2D eigenvalue weighted by Crippen LogP contribution is -2.64. The van der Waals surface area contributed by atoms with Crippen molar-refractivity contribution in [2.45, 2.75) is 44.3 Å². The number of alkyl halides is 3. The van der Waals surface area contributed by atoms with Gasteiger partial charge in [-0.25, -0.2) is 20.2 Å². The Morgan fingerprint density at radius 3 is 2.80 bits per heavy atom. The second kappa shape index (κ2) is 8.66. The normalized spacial score (nSPS) is 22.7. The Hall–Kier alpha value is -3.42. The van der Waals surface area contributed by atoms with Gasteiger partial charge in [0.1, 0.15) is 13.2 Å². The van der Waals surface area contributed by atoms with Gasteiger partial charge in [0.05, 0.1) is 19.7 Å². The third-order valence-corrected chi connectivity index (χ3v) is 6.20. The minimum Gasteiger partial charge on any atom is -0.434 e. The van der Waals surface area contributed by atoms with Crippen LogP contribution in [0.5, 0.6) is 0 Å². The van der Waals surface area contributed by atoms with Gasteiger partial charge in [0, 0.05) is 30.6 Å². The van der Waals surface area contributed by atoms with Crippen LogP contribution in [0.1, 0.15) is 19.5 Å². The minimum absolute atomic E-state index is 0.00159. The lowest BCUT2D eigenvalue weighted by Gasteiger charge is -2.44. The highest BCUT2D eigenvalue weighted by Crippen LogP contribution is 2.39. The first kappa shape index (κ1) is 24.7. The maximum atomic E-state index is 13.3. The zero-order chi connectivity index (χ0) is 25.6. The number of hydrogen-bond acceptors (Lipinski definition) is 8. The van der Waals surface area contributed by atoms with Crippen LogP contribution in [0.3, 0.4) is 0 Å². The second-order valence-corrected chi connectivity index (χ2v) is 9.03. The molecular formula is C21H28F3N8O3+. The highest BCUT2D eigenvalue weighted by Gasteiger charge is 2.58. The number of anilines is 3. The fourth-order valence-corrected chi connectivity index (χ4v) is 4.11. The monoisotopic (exact) mass is 497 g/mol. The zero-order valence-corrected chi connectivity index (χ0v) is 19.9. The number of H-pyrrole nitrogens is 1. The van der Waals surface area contributed by atoms with Crippen molar-refractivity contribution in [1.29, 1.82) is 0 Å². The Bertz CT molecular complexity index is 1120. The lowest BCUT2D eigenvalue weighted by molar-refractivity contribution is -0.713. The number of nitrogens with one attached hydrogen (secondary N) is 2. The summed E-state index contributed by atoms with van der Waals surface area (Å²) in [5, 5.41) is 6.21. The quantitative estimate of drug-likeness (QED) is 0.481. The van der Waals surface area contributed by atoms with Crippen molar-refractivity contribution >= 4 is 30.4 Å². The molecule has 0 bridgehead atoms. The summed E-state index contributed by atoms with van der Waals surface area (Å²) in [5.74, 6) is 1.68. The summed E-state index contributed by atoms with van der Waals surface area (Å²) in [5.41, 5.74) is -3.34. The van der Waals surface area contributed by atoms with Crippen LogP contribution < -0.4 is 14.9 Å². The molecule has 4 heterocycles. The third kappa shape index (κ3) is 4.49. The lowest BCUT2D eigenvalue weighted by atomic mass is 10.0. The van der Waals surface area contributed by atoms with Gasteiger partial charge in [0.25, 0.3) is 0 Å². The van der Waals surface area contributed by atoms with Crippen molar-refractivity contribution < 1.29 is 32.1 Å². The van der Waals surface area contributed by atoms with E-state index in [4.69, 9.17) is 9.47 Å². The van der Waals surface area contributed by atoms with Crippen LogP contribution in [0, 0.1) is 6.92 Å². The Balaban J connectivity index is 1.60. The molecule has 2 saturated heterocycles. The number of aromatic amines is 1. The predicted molar refractivity (Wildman–Crippen MR) is 120 cm³/mol. The molecule has 2 unspecified atom stereocenters. The van der Waals surface area contributed by atoms with Gasteiger partial charge in [-0.1, -0.05) is 0 Å². The summed E-state index contributed by atoms with van der Waals surface area (Å²) in [6.45, 7) is 7.50. The molecule has 2 N–H and O–H groups in total. The number of carbonyl (C=O) groups excluding carboxylic acids is 1. The van der Waals surface area contributed by atoms with Gasteiger partial charge in [-0.05, 0) is 27.5 Å². The number of nitrogens with zero attached hydrogens (tertiary/aromatic N) is 6.